The molecule has 0 unspecified atom stereocenters. The molecule has 6 nitrogen and oxygen atoms in total. The Morgan fingerprint density at radius 3 is 2.58 bits per heavy atom. The highest BCUT2D eigenvalue weighted by Crippen LogP contribution is 2.33. The third-order valence-electron chi connectivity index (χ3n) is 5.20. The topological polar surface area (TPSA) is 69.0 Å². The molecule has 1 amide bonds. The van der Waals surface area contributed by atoms with Crippen molar-refractivity contribution in [1.29, 1.82) is 0 Å². The number of hydrogen-bond donors (Lipinski definition) is 1. The normalized spacial score (nSPS) is 11.0. The first-order chi connectivity index (χ1) is 15.0. The number of carbonyl (C=O) groups is 1. The molecule has 158 valence electrons. The number of rotatable bonds is 6. The van der Waals surface area contributed by atoms with Crippen LogP contribution in [0.4, 0.5) is 5.69 Å². The summed E-state index contributed by atoms with van der Waals surface area (Å²) in [5, 5.41) is 9.16. The highest BCUT2D eigenvalue weighted by molar-refractivity contribution is 7.99. The minimum atomic E-state index is -0.0852. The molecule has 4 rings (SSSR count). The van der Waals surface area contributed by atoms with Crippen LogP contribution in [0.1, 0.15) is 11.4 Å². The van der Waals surface area contributed by atoms with Gasteiger partial charge in [-0.3, -0.25) is 9.48 Å². The summed E-state index contributed by atoms with van der Waals surface area (Å²) in [6, 6.07) is 18.1. The first-order valence-corrected chi connectivity index (χ1v) is 10.9. The molecule has 0 atom stereocenters. The molecule has 2 heterocycles. The summed E-state index contributed by atoms with van der Waals surface area (Å²) in [7, 11) is 3.51. The van der Waals surface area contributed by atoms with Crippen LogP contribution in [-0.4, -0.2) is 33.5 Å². The minimum absolute atomic E-state index is 0.0852. The number of fused-ring (bicyclic) bond motifs is 1. The molecular formula is C24H24N4O2S. The van der Waals surface area contributed by atoms with Gasteiger partial charge in [0.05, 0.1) is 40.5 Å². The van der Waals surface area contributed by atoms with Crippen molar-refractivity contribution in [3.05, 3.63) is 66.0 Å². The first kappa shape index (κ1) is 20.9. The van der Waals surface area contributed by atoms with Crippen molar-refractivity contribution in [1.82, 2.24) is 14.8 Å². The zero-order valence-electron chi connectivity index (χ0n) is 18.0. The van der Waals surface area contributed by atoms with Crippen molar-refractivity contribution < 1.29 is 9.53 Å². The van der Waals surface area contributed by atoms with Gasteiger partial charge in [0.1, 0.15) is 5.75 Å². The van der Waals surface area contributed by atoms with E-state index in [1.807, 2.05) is 63.4 Å². The van der Waals surface area contributed by atoms with Gasteiger partial charge in [0, 0.05) is 18.5 Å². The summed E-state index contributed by atoms with van der Waals surface area (Å²) in [5.41, 5.74) is 5.53. The van der Waals surface area contributed by atoms with Gasteiger partial charge in [-0.1, -0.05) is 42.1 Å². The monoisotopic (exact) mass is 432 g/mol. The molecule has 0 bridgehead atoms. The Morgan fingerprint density at radius 1 is 1.13 bits per heavy atom. The van der Waals surface area contributed by atoms with E-state index in [-0.39, 0.29) is 11.7 Å². The number of anilines is 1. The van der Waals surface area contributed by atoms with E-state index in [4.69, 9.17) is 9.72 Å². The highest BCUT2D eigenvalue weighted by Gasteiger charge is 2.14. The molecule has 7 heteroatoms. The number of aromatic nitrogens is 3. The maximum absolute atomic E-state index is 12.6. The number of pyridine rings is 1. The van der Waals surface area contributed by atoms with Crippen molar-refractivity contribution in [2.45, 2.75) is 18.9 Å². The number of methoxy groups -OCH3 is 1. The molecule has 31 heavy (non-hydrogen) atoms. The lowest BCUT2D eigenvalue weighted by Gasteiger charge is -2.11. The molecule has 2 aromatic carbocycles. The Balaban J connectivity index is 1.62. The zero-order chi connectivity index (χ0) is 22.0. The Hall–Kier alpha value is -3.32. The predicted molar refractivity (Wildman–Crippen MR) is 126 cm³/mol. The first-order valence-electron chi connectivity index (χ1n) is 9.93. The Labute approximate surface area is 185 Å². The van der Waals surface area contributed by atoms with E-state index in [0.29, 0.717) is 0 Å². The van der Waals surface area contributed by atoms with Crippen LogP contribution in [0.5, 0.6) is 5.75 Å². The lowest BCUT2D eigenvalue weighted by Crippen LogP contribution is -2.15. The molecule has 4 aromatic rings. The summed E-state index contributed by atoms with van der Waals surface area (Å²) < 4.78 is 7.14. The van der Waals surface area contributed by atoms with Crippen LogP contribution >= 0.6 is 11.8 Å². The number of carbonyl (C=O) groups excluding carboxylic acids is 1. The molecule has 0 aliphatic rings. The predicted octanol–water partition coefficient (Wildman–Crippen LogP) is 4.99. The van der Waals surface area contributed by atoms with Gasteiger partial charge in [-0.05, 0) is 43.2 Å². The molecule has 0 saturated carbocycles. The van der Waals surface area contributed by atoms with Crippen molar-refractivity contribution in [2.75, 3.05) is 18.2 Å². The zero-order valence-corrected chi connectivity index (χ0v) is 18.8. The Kier molecular flexibility index (Phi) is 5.95. The number of benzene rings is 2. The van der Waals surface area contributed by atoms with E-state index >= 15 is 0 Å². The number of aryl methyl sites for hydroxylation is 2. The number of nitrogens with zero attached hydrogens (tertiary/aromatic N) is 3. The fourth-order valence-corrected chi connectivity index (χ4v) is 4.23. The van der Waals surface area contributed by atoms with E-state index in [1.165, 1.54) is 11.8 Å². The van der Waals surface area contributed by atoms with Gasteiger partial charge >= 0.3 is 0 Å². The molecule has 0 fully saturated rings. The maximum atomic E-state index is 12.6. The summed E-state index contributed by atoms with van der Waals surface area (Å²) >= 11 is 1.41. The van der Waals surface area contributed by atoms with Crippen molar-refractivity contribution >= 4 is 34.3 Å². The van der Waals surface area contributed by atoms with Crippen LogP contribution in [0, 0.1) is 13.8 Å². The van der Waals surface area contributed by atoms with Gasteiger partial charge in [0.25, 0.3) is 0 Å². The SMILES string of the molecule is COc1ccc2c(-c3ccccc3)cc(SCC(=O)Nc3c(C)nn(C)c3C)nc2c1. The second kappa shape index (κ2) is 8.81. The average molecular weight is 433 g/mol. The smallest absolute Gasteiger partial charge is 0.234 e. The Morgan fingerprint density at radius 2 is 1.90 bits per heavy atom. The molecule has 0 radical (unpaired) electrons. The van der Waals surface area contributed by atoms with E-state index < -0.39 is 0 Å². The number of thioether (sulfide) groups is 1. The molecule has 1 N–H and O–H groups in total. The second-order valence-corrected chi connectivity index (χ2v) is 8.26. The standard InChI is InChI=1S/C24H24N4O2S/c1-15-24(16(2)28(3)27-15)26-22(29)14-31-23-13-20(17-8-6-5-7-9-17)19-11-10-18(30-4)12-21(19)25-23/h5-13H,14H2,1-4H3,(H,26,29). The maximum Gasteiger partial charge on any atom is 0.234 e. The van der Waals surface area contributed by atoms with Gasteiger partial charge < -0.3 is 10.1 Å². The number of nitrogens with one attached hydrogen (secondary N) is 1. The molecular weight excluding hydrogens is 408 g/mol. The van der Waals surface area contributed by atoms with Crippen LogP contribution in [0.3, 0.4) is 0 Å². The van der Waals surface area contributed by atoms with Crippen LogP contribution < -0.4 is 10.1 Å². The number of hydrogen-bond acceptors (Lipinski definition) is 5. The fraction of sp³-hybridized carbons (Fsp3) is 0.208. The quantitative estimate of drug-likeness (QED) is 0.435. The average Bonchev–Trinajstić information content (AvgIpc) is 3.03. The van der Waals surface area contributed by atoms with E-state index in [2.05, 4.69) is 22.5 Å². The van der Waals surface area contributed by atoms with E-state index in [1.54, 1.807) is 11.8 Å². The van der Waals surface area contributed by atoms with E-state index in [9.17, 15) is 4.79 Å². The van der Waals surface area contributed by atoms with Crippen LogP contribution in [0.25, 0.3) is 22.0 Å². The van der Waals surface area contributed by atoms with Crippen LogP contribution in [0.15, 0.2) is 59.6 Å². The molecule has 0 aliphatic heterocycles. The second-order valence-electron chi connectivity index (χ2n) is 7.26. The van der Waals surface area contributed by atoms with E-state index in [0.717, 1.165) is 49.9 Å². The molecule has 0 saturated heterocycles. The lowest BCUT2D eigenvalue weighted by atomic mass is 10.0. The molecule has 0 spiro atoms. The Bertz CT molecular complexity index is 1250. The van der Waals surface area contributed by atoms with Crippen molar-refractivity contribution in [2.24, 2.45) is 7.05 Å². The van der Waals surface area contributed by atoms with Crippen LogP contribution in [0.2, 0.25) is 0 Å². The van der Waals surface area contributed by atoms with Gasteiger partial charge in [0.2, 0.25) is 5.91 Å². The highest BCUT2D eigenvalue weighted by atomic mass is 32.2. The molecule has 2 aromatic heterocycles. The largest absolute Gasteiger partial charge is 0.497 e. The van der Waals surface area contributed by atoms with Gasteiger partial charge in [-0.15, -0.1) is 0 Å². The number of amides is 1. The van der Waals surface area contributed by atoms with Crippen molar-refractivity contribution in [3.63, 3.8) is 0 Å². The molecule has 0 aliphatic carbocycles. The third kappa shape index (κ3) is 4.41. The van der Waals surface area contributed by atoms with Crippen LogP contribution in [-0.2, 0) is 11.8 Å². The summed E-state index contributed by atoms with van der Waals surface area (Å²) in [6.45, 7) is 3.83. The van der Waals surface area contributed by atoms with Gasteiger partial charge in [0.15, 0.2) is 0 Å². The summed E-state index contributed by atoms with van der Waals surface area (Å²) in [6.07, 6.45) is 0. The minimum Gasteiger partial charge on any atom is -0.497 e. The summed E-state index contributed by atoms with van der Waals surface area (Å²) in [5.74, 6) is 0.921. The fourth-order valence-electron chi connectivity index (χ4n) is 3.51. The van der Waals surface area contributed by atoms with Gasteiger partial charge in [-0.25, -0.2) is 4.98 Å². The van der Waals surface area contributed by atoms with Crippen molar-refractivity contribution in [3.8, 4) is 16.9 Å². The number of ether oxygens (including phenoxy) is 1. The van der Waals surface area contributed by atoms with Gasteiger partial charge in [-0.2, -0.15) is 5.10 Å². The lowest BCUT2D eigenvalue weighted by molar-refractivity contribution is -0.113. The summed E-state index contributed by atoms with van der Waals surface area (Å²) in [4.78, 5) is 17.4. The third-order valence-corrected chi connectivity index (χ3v) is 6.11.